The number of hydrogen-bond donors (Lipinski definition) is 1. The largest absolute Gasteiger partial charge is 0.316 e. The molecule has 3 atom stereocenters. The fourth-order valence-electron chi connectivity index (χ4n) is 4.45. The molecule has 3 unspecified atom stereocenters. The molecule has 2 saturated carbocycles. The van der Waals surface area contributed by atoms with Gasteiger partial charge in [-0.05, 0) is 68.4 Å². The van der Waals surface area contributed by atoms with Crippen molar-refractivity contribution in [2.45, 2.75) is 51.9 Å². The zero-order valence-corrected chi connectivity index (χ0v) is 11.9. The Morgan fingerprint density at radius 1 is 0.944 bits per heavy atom. The van der Waals surface area contributed by atoms with Crippen molar-refractivity contribution in [3.63, 3.8) is 0 Å². The van der Waals surface area contributed by atoms with Crippen LogP contribution in [0.4, 0.5) is 0 Å². The van der Waals surface area contributed by atoms with Crippen molar-refractivity contribution in [3.8, 4) is 0 Å². The summed E-state index contributed by atoms with van der Waals surface area (Å²) in [6.07, 6.45) is 15.2. The van der Waals surface area contributed by atoms with Crippen LogP contribution in [0.25, 0.3) is 0 Å². The summed E-state index contributed by atoms with van der Waals surface area (Å²) in [5.41, 5.74) is 0. The molecule has 0 radical (unpaired) electrons. The van der Waals surface area contributed by atoms with Crippen LogP contribution in [0.1, 0.15) is 51.9 Å². The van der Waals surface area contributed by atoms with E-state index in [1.165, 1.54) is 58.0 Å². The van der Waals surface area contributed by atoms with Crippen molar-refractivity contribution in [1.29, 1.82) is 0 Å². The second kappa shape index (κ2) is 5.77. The molecule has 3 aliphatic carbocycles. The third-order valence-electron chi connectivity index (χ3n) is 5.80. The molecule has 1 nitrogen and oxygen atoms in total. The van der Waals surface area contributed by atoms with E-state index in [-0.39, 0.29) is 0 Å². The van der Waals surface area contributed by atoms with Crippen LogP contribution in [0.15, 0.2) is 12.2 Å². The molecule has 0 aromatic rings. The molecule has 0 amide bonds. The van der Waals surface area contributed by atoms with Crippen LogP contribution in [-0.2, 0) is 0 Å². The summed E-state index contributed by atoms with van der Waals surface area (Å²) < 4.78 is 0. The van der Waals surface area contributed by atoms with Crippen molar-refractivity contribution in [2.24, 2.45) is 29.6 Å². The lowest BCUT2D eigenvalue weighted by atomic mass is 9.81. The van der Waals surface area contributed by atoms with Crippen LogP contribution in [0, 0.1) is 29.6 Å². The Morgan fingerprint density at radius 2 is 1.72 bits per heavy atom. The van der Waals surface area contributed by atoms with E-state index < -0.39 is 0 Å². The van der Waals surface area contributed by atoms with Crippen molar-refractivity contribution in [3.05, 3.63) is 12.2 Å². The number of allylic oxidation sites excluding steroid dienone is 2. The first-order valence-corrected chi connectivity index (χ1v) is 8.24. The molecule has 3 aliphatic rings. The predicted molar refractivity (Wildman–Crippen MR) is 77.5 cm³/mol. The molecular weight excluding hydrogens is 218 g/mol. The maximum Gasteiger partial charge on any atom is -0.00146 e. The highest BCUT2D eigenvalue weighted by Gasteiger charge is 2.35. The smallest absolute Gasteiger partial charge is 0.00146 e. The van der Waals surface area contributed by atoms with Crippen LogP contribution in [0.3, 0.4) is 0 Å². The Kier molecular flexibility index (Phi) is 4.08. The van der Waals surface area contributed by atoms with Gasteiger partial charge in [-0.3, -0.25) is 0 Å². The standard InChI is InChI=1S/C17H29N/c1-2-13-3-5-14(6-4-13)11-18-12-17-10-15-7-8-16(17)9-15/h7-8,13-18H,2-6,9-12H2,1H3. The van der Waals surface area contributed by atoms with Crippen LogP contribution in [0.2, 0.25) is 0 Å². The van der Waals surface area contributed by atoms with E-state index in [4.69, 9.17) is 0 Å². The van der Waals surface area contributed by atoms with E-state index in [0.717, 1.165) is 29.6 Å². The normalized spacial score (nSPS) is 42.6. The van der Waals surface area contributed by atoms with Gasteiger partial charge >= 0.3 is 0 Å². The maximum absolute atomic E-state index is 3.78. The molecule has 102 valence electrons. The zero-order valence-electron chi connectivity index (χ0n) is 11.9. The average molecular weight is 247 g/mol. The van der Waals surface area contributed by atoms with E-state index in [9.17, 15) is 0 Å². The molecule has 0 heterocycles. The van der Waals surface area contributed by atoms with Gasteiger partial charge in [-0.1, -0.05) is 38.3 Å². The van der Waals surface area contributed by atoms with Crippen LogP contribution in [0.5, 0.6) is 0 Å². The number of fused-ring (bicyclic) bond motifs is 2. The minimum Gasteiger partial charge on any atom is -0.316 e. The second-order valence-electron chi connectivity index (χ2n) is 6.99. The Balaban J connectivity index is 1.32. The number of nitrogens with one attached hydrogen (secondary N) is 1. The van der Waals surface area contributed by atoms with Crippen molar-refractivity contribution in [1.82, 2.24) is 5.32 Å². The predicted octanol–water partition coefficient (Wildman–Crippen LogP) is 4.00. The minimum atomic E-state index is 0.915. The van der Waals surface area contributed by atoms with Gasteiger partial charge in [0.1, 0.15) is 0 Å². The fraction of sp³-hybridized carbons (Fsp3) is 0.882. The van der Waals surface area contributed by atoms with Gasteiger partial charge in [0, 0.05) is 0 Å². The van der Waals surface area contributed by atoms with Gasteiger partial charge in [-0.2, -0.15) is 0 Å². The summed E-state index contributed by atoms with van der Waals surface area (Å²) in [7, 11) is 0. The highest BCUT2D eigenvalue weighted by Crippen LogP contribution is 2.43. The van der Waals surface area contributed by atoms with E-state index >= 15 is 0 Å². The van der Waals surface area contributed by atoms with Gasteiger partial charge < -0.3 is 5.32 Å². The first-order valence-electron chi connectivity index (χ1n) is 8.24. The first-order chi connectivity index (χ1) is 8.85. The van der Waals surface area contributed by atoms with Crippen LogP contribution < -0.4 is 5.32 Å². The number of hydrogen-bond acceptors (Lipinski definition) is 1. The van der Waals surface area contributed by atoms with Crippen molar-refractivity contribution < 1.29 is 0 Å². The molecule has 0 spiro atoms. The average Bonchev–Trinajstić information content (AvgIpc) is 3.02. The quantitative estimate of drug-likeness (QED) is 0.724. The molecule has 2 bridgehead atoms. The lowest BCUT2D eigenvalue weighted by Crippen LogP contribution is -2.31. The summed E-state index contributed by atoms with van der Waals surface area (Å²) in [4.78, 5) is 0. The summed E-state index contributed by atoms with van der Waals surface area (Å²) in [5, 5.41) is 3.78. The Morgan fingerprint density at radius 3 is 2.33 bits per heavy atom. The lowest BCUT2D eigenvalue weighted by Gasteiger charge is -2.28. The van der Waals surface area contributed by atoms with Gasteiger partial charge in [-0.15, -0.1) is 0 Å². The SMILES string of the molecule is CCC1CCC(CNCC2CC3C=CC2C3)CC1. The minimum absolute atomic E-state index is 0.915. The Hall–Kier alpha value is -0.300. The summed E-state index contributed by atoms with van der Waals surface area (Å²) in [5.74, 6) is 4.81. The summed E-state index contributed by atoms with van der Waals surface area (Å²) in [6.45, 7) is 4.92. The Bertz CT molecular complexity index is 288. The summed E-state index contributed by atoms with van der Waals surface area (Å²) in [6, 6.07) is 0. The topological polar surface area (TPSA) is 12.0 Å². The summed E-state index contributed by atoms with van der Waals surface area (Å²) >= 11 is 0. The highest BCUT2D eigenvalue weighted by molar-refractivity contribution is 5.10. The van der Waals surface area contributed by atoms with Crippen molar-refractivity contribution >= 4 is 0 Å². The van der Waals surface area contributed by atoms with E-state index in [0.29, 0.717) is 0 Å². The molecule has 3 rings (SSSR count). The fourth-order valence-corrected chi connectivity index (χ4v) is 4.45. The third-order valence-corrected chi connectivity index (χ3v) is 5.80. The van der Waals surface area contributed by atoms with Gasteiger partial charge in [0.05, 0.1) is 0 Å². The molecule has 0 aromatic carbocycles. The monoisotopic (exact) mass is 247 g/mol. The second-order valence-corrected chi connectivity index (χ2v) is 6.99. The molecule has 1 N–H and O–H groups in total. The molecule has 0 aromatic heterocycles. The van der Waals surface area contributed by atoms with E-state index in [2.05, 4.69) is 24.4 Å². The van der Waals surface area contributed by atoms with Gasteiger partial charge in [0.15, 0.2) is 0 Å². The van der Waals surface area contributed by atoms with Crippen LogP contribution >= 0.6 is 0 Å². The molecule has 18 heavy (non-hydrogen) atoms. The van der Waals surface area contributed by atoms with E-state index in [1.54, 1.807) is 0 Å². The third kappa shape index (κ3) is 2.82. The number of rotatable bonds is 5. The molecule has 0 saturated heterocycles. The van der Waals surface area contributed by atoms with Gasteiger partial charge in [0.25, 0.3) is 0 Å². The molecule has 0 aliphatic heterocycles. The zero-order chi connectivity index (χ0) is 12.4. The Labute approximate surface area is 112 Å². The van der Waals surface area contributed by atoms with Crippen LogP contribution in [-0.4, -0.2) is 13.1 Å². The van der Waals surface area contributed by atoms with Gasteiger partial charge in [0.2, 0.25) is 0 Å². The first kappa shape index (κ1) is 12.7. The van der Waals surface area contributed by atoms with Gasteiger partial charge in [-0.25, -0.2) is 0 Å². The van der Waals surface area contributed by atoms with E-state index in [1.807, 2.05) is 0 Å². The molecular formula is C17H29N. The maximum atomic E-state index is 3.78. The van der Waals surface area contributed by atoms with Crippen molar-refractivity contribution in [2.75, 3.05) is 13.1 Å². The highest BCUT2D eigenvalue weighted by atomic mass is 14.9. The lowest BCUT2D eigenvalue weighted by molar-refractivity contribution is 0.257. The molecule has 1 heteroatoms. The molecule has 2 fully saturated rings.